The zero-order valence-electron chi connectivity index (χ0n) is 14.3. The summed E-state index contributed by atoms with van der Waals surface area (Å²) in [7, 11) is -8.24. The maximum absolute atomic E-state index is 10.6. The molecule has 1 rings (SSSR count). The van der Waals surface area contributed by atoms with Crippen molar-refractivity contribution in [3.8, 4) is 0 Å². The fraction of sp³-hybridized carbons (Fsp3) is 0.667. The first-order valence-corrected chi connectivity index (χ1v) is 7.45. The molecule has 0 aromatic rings. The summed E-state index contributed by atoms with van der Waals surface area (Å²) in [6.07, 6.45) is -0.274. The van der Waals surface area contributed by atoms with Gasteiger partial charge in [-0.15, -0.1) is 0 Å². The van der Waals surface area contributed by atoms with E-state index in [4.69, 9.17) is 33.6 Å². The maximum Gasteiger partial charge on any atom is 1.00 e. The monoisotopic (exact) mass is 425 g/mol. The van der Waals surface area contributed by atoms with Crippen LogP contribution in [0.3, 0.4) is 0 Å². The van der Waals surface area contributed by atoms with E-state index in [9.17, 15) is 9.59 Å². The zero-order valence-corrected chi connectivity index (χ0v) is 24.3. The van der Waals surface area contributed by atoms with Gasteiger partial charge >= 0.3 is 139 Å². The van der Waals surface area contributed by atoms with Crippen LogP contribution in [-0.2, 0) is 19.1 Å². The minimum absolute atomic E-state index is 0. The second kappa shape index (κ2) is 22.3. The summed E-state index contributed by atoms with van der Waals surface area (Å²) in [5.41, 5.74) is 0. The van der Waals surface area contributed by atoms with Gasteiger partial charge in [0.2, 0.25) is 0 Å². The van der Waals surface area contributed by atoms with E-state index in [0.29, 0.717) is 0 Å². The summed E-state index contributed by atoms with van der Waals surface area (Å²) in [5, 5.41) is 0. The molecule has 0 amide bonds. The smallest absolute Gasteiger partial charge is 1.00 e. The Morgan fingerprint density at radius 3 is 1.21 bits per heavy atom. The molecule has 24 heavy (non-hydrogen) atoms. The Labute approximate surface area is 229 Å². The first-order valence-electron chi connectivity index (χ1n) is 4.44. The van der Waals surface area contributed by atoms with Crippen LogP contribution in [0.15, 0.2) is 0 Å². The molecule has 0 aromatic heterocycles. The van der Waals surface area contributed by atoms with Crippen molar-refractivity contribution in [1.82, 2.24) is 0 Å². The molecule has 0 aromatic carbocycles. The molecule has 12 nitrogen and oxygen atoms in total. The molecule has 0 atom stereocenters. The van der Waals surface area contributed by atoms with E-state index in [1.54, 1.807) is 0 Å². The Morgan fingerprint density at radius 1 is 0.917 bits per heavy atom. The summed E-state index contributed by atoms with van der Waals surface area (Å²) < 4.78 is 9.32. The number of hydrogen-bond acceptors (Lipinski definition) is 12. The van der Waals surface area contributed by atoms with Crippen LogP contribution < -0.4 is 133 Å². The molecule has 0 radical (unpaired) electrons. The SMILES string of the molecule is CC1(C)OC(=O)CC(=O)O1.O[Si](O)(O)O.[Na+].[Na+].[Na+].[Na+].[O-][Si-]([O-])[O-].[OH-]. The van der Waals surface area contributed by atoms with Crippen molar-refractivity contribution < 1.29 is 176 Å². The van der Waals surface area contributed by atoms with Gasteiger partial charge in [-0.2, -0.15) is 0 Å². The molecule has 0 aliphatic carbocycles. The van der Waals surface area contributed by atoms with E-state index in [1.807, 2.05) is 0 Å². The second-order valence-electron chi connectivity index (χ2n) is 3.37. The molecule has 0 unspecified atom stereocenters. The molecular weight excluding hydrogens is 412 g/mol. The Morgan fingerprint density at radius 2 is 1.08 bits per heavy atom. The maximum atomic E-state index is 10.6. The molecule has 0 saturated carbocycles. The van der Waals surface area contributed by atoms with Crippen LogP contribution in [0.5, 0.6) is 0 Å². The average Bonchev–Trinajstić information content (AvgIpc) is 1.91. The molecule has 1 heterocycles. The van der Waals surface area contributed by atoms with Gasteiger partial charge in [-0.3, -0.25) is 9.59 Å². The number of rotatable bonds is 0. The third kappa shape index (κ3) is 49.8. The Hall–Kier alpha value is 3.05. The van der Waals surface area contributed by atoms with E-state index in [2.05, 4.69) is 9.47 Å². The van der Waals surface area contributed by atoms with Crippen molar-refractivity contribution in [3.63, 3.8) is 0 Å². The fourth-order valence-electron chi connectivity index (χ4n) is 0.759. The first kappa shape index (κ1) is 45.7. The fourth-order valence-corrected chi connectivity index (χ4v) is 0.759. The van der Waals surface area contributed by atoms with Gasteiger partial charge in [0.15, 0.2) is 0 Å². The van der Waals surface area contributed by atoms with Gasteiger partial charge < -0.3 is 58.0 Å². The summed E-state index contributed by atoms with van der Waals surface area (Å²) >= 11 is 0. The Kier molecular flexibility index (Phi) is 42.5. The predicted molar refractivity (Wildman–Crippen MR) is 53.2 cm³/mol. The summed E-state index contributed by atoms with van der Waals surface area (Å²) in [6.45, 7) is 3.03. The normalized spacial score (nSPS) is 13.8. The number of carbonyl (C=O) groups excluding carboxylic acids is 2. The van der Waals surface area contributed by atoms with Crippen LogP contribution in [-0.4, -0.2) is 61.0 Å². The summed E-state index contributed by atoms with van der Waals surface area (Å²) in [4.78, 5) is 76.0. The zero-order chi connectivity index (χ0) is 15.9. The molecule has 0 spiro atoms. The third-order valence-corrected chi connectivity index (χ3v) is 1.01. The van der Waals surface area contributed by atoms with Crippen LogP contribution >= 0.6 is 0 Å². The van der Waals surface area contributed by atoms with Crippen molar-refractivity contribution in [1.29, 1.82) is 0 Å². The number of hydrogen-bond donors (Lipinski definition) is 4. The minimum atomic E-state index is -4.61. The van der Waals surface area contributed by atoms with E-state index in [0.717, 1.165) is 0 Å². The van der Waals surface area contributed by atoms with E-state index in [-0.39, 0.29) is 130 Å². The van der Waals surface area contributed by atoms with Gasteiger partial charge in [-0.1, -0.05) is 0 Å². The average molecular weight is 425 g/mol. The second-order valence-corrected chi connectivity index (χ2v) is 5.07. The predicted octanol–water partition coefficient (Wildman–Crippen LogP) is -18.5. The molecule has 122 valence electrons. The van der Waals surface area contributed by atoms with Crippen molar-refractivity contribution in [2.75, 3.05) is 0 Å². The summed E-state index contributed by atoms with van der Waals surface area (Å²) in [6, 6.07) is 0. The number of cyclic esters (lactones) is 2. The molecule has 1 saturated heterocycles. The van der Waals surface area contributed by atoms with Crippen molar-refractivity contribution in [2.45, 2.75) is 26.1 Å². The number of esters is 2. The summed E-state index contributed by atoms with van der Waals surface area (Å²) in [5.74, 6) is -2.13. The van der Waals surface area contributed by atoms with Gasteiger partial charge in [0, 0.05) is 13.8 Å². The molecule has 1 fully saturated rings. The van der Waals surface area contributed by atoms with Gasteiger partial charge in [-0.25, -0.2) is 0 Å². The first-order chi connectivity index (χ1) is 8.23. The topological polar surface area (TPSA) is 233 Å². The van der Waals surface area contributed by atoms with Crippen LogP contribution in [0.4, 0.5) is 0 Å². The molecule has 1 aliphatic rings. The van der Waals surface area contributed by atoms with Crippen LogP contribution in [0.1, 0.15) is 20.3 Å². The van der Waals surface area contributed by atoms with Crippen molar-refractivity contribution in [3.05, 3.63) is 0 Å². The molecule has 5 N–H and O–H groups in total. The van der Waals surface area contributed by atoms with Gasteiger partial charge in [0.05, 0.1) is 0 Å². The minimum Gasteiger partial charge on any atom is -1.05 e. The molecule has 0 bridgehead atoms. The quantitative estimate of drug-likeness (QED) is 0.161. The number of ether oxygens (including phenoxy) is 2. The van der Waals surface area contributed by atoms with Crippen molar-refractivity contribution in [2.24, 2.45) is 0 Å². The van der Waals surface area contributed by atoms with Crippen LogP contribution in [0.25, 0.3) is 0 Å². The Balaban J connectivity index is -0.0000000365. The van der Waals surface area contributed by atoms with E-state index >= 15 is 0 Å². The van der Waals surface area contributed by atoms with Gasteiger partial charge in [0.1, 0.15) is 6.42 Å². The molecule has 18 heteroatoms. The van der Waals surface area contributed by atoms with E-state index < -0.39 is 36.3 Å². The Bertz CT molecular complexity index is 286. The van der Waals surface area contributed by atoms with Crippen LogP contribution in [0.2, 0.25) is 0 Å². The van der Waals surface area contributed by atoms with Crippen molar-refractivity contribution >= 4 is 30.5 Å². The third-order valence-electron chi connectivity index (χ3n) is 1.01. The molecular formula is C6H13Na4O12Si2-. The number of carbonyl (C=O) groups is 2. The van der Waals surface area contributed by atoms with Gasteiger partial charge in [-0.05, 0) is 0 Å². The largest absolute Gasteiger partial charge is 1.05 e. The molecule has 1 aliphatic heterocycles. The standard InChI is InChI=1S/C6H8O4.4Na.H4O4Si.O3Si.H2O/c1-6(2)9-4(7)3-5(8)10-6;;;;;1-5(2,3)4;1-4(2)3;/h3H2,1-2H3;;;;;1-4H;;1H2/q;4*+1;;-4;/p-1. The van der Waals surface area contributed by atoms with E-state index in [1.165, 1.54) is 13.8 Å². The van der Waals surface area contributed by atoms with Crippen LogP contribution in [0, 0.1) is 0 Å². The van der Waals surface area contributed by atoms with Gasteiger partial charge in [0.25, 0.3) is 5.79 Å².